The van der Waals surface area contributed by atoms with Crippen LogP contribution in [0.2, 0.25) is 0 Å². The predicted octanol–water partition coefficient (Wildman–Crippen LogP) is 0.847. The van der Waals surface area contributed by atoms with E-state index >= 15 is 0 Å². The highest BCUT2D eigenvalue weighted by Crippen LogP contribution is 2.32. The first kappa shape index (κ1) is 13.8. The maximum atomic E-state index is 5.63. The Morgan fingerprint density at radius 1 is 1.00 bits per heavy atom. The van der Waals surface area contributed by atoms with Crippen LogP contribution >= 0.6 is 11.8 Å². The number of guanidine groups is 2. The van der Waals surface area contributed by atoms with E-state index in [9.17, 15) is 0 Å². The summed E-state index contributed by atoms with van der Waals surface area (Å²) in [5.41, 5.74) is 16.8. The van der Waals surface area contributed by atoms with Crippen LogP contribution in [0.25, 0.3) is 0 Å². The molecule has 0 aliphatic rings. The van der Waals surface area contributed by atoms with Gasteiger partial charge in [-0.05, 0) is 30.0 Å². The number of hydrogen-bond donors (Lipinski definition) is 3. The highest BCUT2D eigenvalue weighted by molar-refractivity contribution is 7.99. The van der Waals surface area contributed by atoms with Gasteiger partial charge in [0.1, 0.15) is 0 Å². The molecular weight excluding hydrogens is 274 g/mol. The molecule has 0 spiro atoms. The molecule has 0 saturated heterocycles. The molecule has 0 amide bonds. The highest BCUT2D eigenvalue weighted by atomic mass is 32.2. The maximum Gasteiger partial charge on any atom is 0.223 e. The number of para-hydroxylation sites is 1. The smallest absolute Gasteiger partial charge is 0.223 e. The van der Waals surface area contributed by atoms with Crippen molar-refractivity contribution in [3.05, 3.63) is 42.7 Å². The van der Waals surface area contributed by atoms with Crippen molar-refractivity contribution in [2.75, 3.05) is 0 Å². The van der Waals surface area contributed by atoms with Gasteiger partial charge in [0.05, 0.1) is 5.69 Å². The molecule has 0 aliphatic carbocycles. The van der Waals surface area contributed by atoms with Crippen LogP contribution in [-0.2, 0) is 0 Å². The fourth-order valence-electron chi connectivity index (χ4n) is 1.35. The third-order valence-corrected chi connectivity index (χ3v) is 3.05. The number of hydrogen-bond acceptors (Lipinski definition) is 4. The Hall–Kier alpha value is -2.61. The molecule has 1 aromatic carbocycles. The van der Waals surface area contributed by atoms with Gasteiger partial charge in [-0.3, -0.25) is 0 Å². The summed E-state index contributed by atoms with van der Waals surface area (Å²) in [6.07, 6.45) is 3.35. The lowest BCUT2D eigenvalue weighted by Gasteiger charge is -2.04. The van der Waals surface area contributed by atoms with Crippen molar-refractivity contribution in [2.24, 2.45) is 27.2 Å². The maximum absolute atomic E-state index is 5.63. The van der Waals surface area contributed by atoms with E-state index < -0.39 is 0 Å². The minimum atomic E-state index is -0.136. The first-order chi connectivity index (χ1) is 9.65. The number of aromatic nitrogens is 2. The first-order valence-electron chi connectivity index (χ1n) is 5.63. The standard InChI is InChI=1S/C12H13N7S/c13-10(14)19-11(15)18-8-4-1-2-5-9(8)20-12-16-6-3-7-17-12/h1-7H,(H6,13,14,15,18,19). The summed E-state index contributed by atoms with van der Waals surface area (Å²) in [4.78, 5) is 17.0. The largest absolute Gasteiger partial charge is 0.370 e. The lowest BCUT2D eigenvalue weighted by atomic mass is 10.3. The quantitative estimate of drug-likeness (QED) is 0.436. The zero-order chi connectivity index (χ0) is 14.4. The van der Waals surface area contributed by atoms with Crippen molar-refractivity contribution in [3.8, 4) is 0 Å². The number of nitrogens with two attached hydrogens (primary N) is 3. The van der Waals surface area contributed by atoms with Gasteiger partial charge in [-0.25, -0.2) is 15.0 Å². The van der Waals surface area contributed by atoms with E-state index in [0.717, 1.165) is 4.90 Å². The van der Waals surface area contributed by atoms with Crippen LogP contribution in [0.4, 0.5) is 5.69 Å². The number of nitrogens with zero attached hydrogens (tertiary/aromatic N) is 4. The Kier molecular flexibility index (Phi) is 4.51. The van der Waals surface area contributed by atoms with Gasteiger partial charge in [-0.15, -0.1) is 0 Å². The highest BCUT2D eigenvalue weighted by Gasteiger charge is 2.05. The Balaban J connectivity index is 2.29. The molecule has 0 unspecified atom stereocenters. The van der Waals surface area contributed by atoms with Crippen molar-refractivity contribution < 1.29 is 0 Å². The number of rotatable bonds is 3. The monoisotopic (exact) mass is 287 g/mol. The Morgan fingerprint density at radius 3 is 2.40 bits per heavy atom. The number of aliphatic imine (C=N–C) groups is 2. The molecule has 102 valence electrons. The summed E-state index contributed by atoms with van der Waals surface area (Å²) in [6.45, 7) is 0. The van der Waals surface area contributed by atoms with Gasteiger partial charge < -0.3 is 17.2 Å². The summed E-state index contributed by atoms with van der Waals surface area (Å²) in [5.74, 6) is -0.144. The van der Waals surface area contributed by atoms with E-state index in [1.807, 2.05) is 18.2 Å². The van der Waals surface area contributed by atoms with Crippen LogP contribution in [-0.4, -0.2) is 21.9 Å². The van der Waals surface area contributed by atoms with Gasteiger partial charge in [0.15, 0.2) is 11.1 Å². The van der Waals surface area contributed by atoms with Gasteiger partial charge in [0.2, 0.25) is 5.96 Å². The summed E-state index contributed by atoms with van der Waals surface area (Å²) < 4.78 is 0. The molecule has 6 N–H and O–H groups in total. The molecule has 0 saturated carbocycles. The van der Waals surface area contributed by atoms with E-state index in [0.29, 0.717) is 10.8 Å². The van der Waals surface area contributed by atoms with Crippen LogP contribution < -0.4 is 17.2 Å². The summed E-state index contributed by atoms with van der Waals surface area (Å²) in [6, 6.07) is 9.19. The van der Waals surface area contributed by atoms with Crippen molar-refractivity contribution in [1.82, 2.24) is 9.97 Å². The molecule has 2 rings (SSSR count). The normalized spacial score (nSPS) is 11.1. The van der Waals surface area contributed by atoms with Crippen molar-refractivity contribution in [3.63, 3.8) is 0 Å². The molecule has 0 aliphatic heterocycles. The zero-order valence-electron chi connectivity index (χ0n) is 10.5. The third kappa shape index (κ3) is 3.95. The second-order valence-electron chi connectivity index (χ2n) is 3.61. The molecule has 1 aromatic heterocycles. The van der Waals surface area contributed by atoms with E-state index in [2.05, 4.69) is 20.0 Å². The van der Waals surface area contributed by atoms with Crippen LogP contribution in [0.15, 0.2) is 62.8 Å². The lowest BCUT2D eigenvalue weighted by molar-refractivity contribution is 0.967. The average molecular weight is 287 g/mol. The van der Waals surface area contributed by atoms with Crippen molar-refractivity contribution in [1.29, 1.82) is 0 Å². The second-order valence-corrected chi connectivity index (χ2v) is 4.62. The summed E-state index contributed by atoms with van der Waals surface area (Å²) in [7, 11) is 0. The van der Waals surface area contributed by atoms with Crippen LogP contribution in [0.5, 0.6) is 0 Å². The van der Waals surface area contributed by atoms with Crippen LogP contribution in [0.1, 0.15) is 0 Å². The molecule has 1 heterocycles. The minimum Gasteiger partial charge on any atom is -0.370 e. The summed E-state index contributed by atoms with van der Waals surface area (Å²) in [5, 5.41) is 0.621. The van der Waals surface area contributed by atoms with Crippen LogP contribution in [0, 0.1) is 0 Å². The molecular formula is C12H13N7S. The van der Waals surface area contributed by atoms with Crippen molar-refractivity contribution in [2.45, 2.75) is 10.1 Å². The van der Waals surface area contributed by atoms with E-state index in [1.54, 1.807) is 24.5 Å². The molecule has 20 heavy (non-hydrogen) atoms. The van der Waals surface area contributed by atoms with Gasteiger partial charge >= 0.3 is 0 Å². The first-order valence-corrected chi connectivity index (χ1v) is 6.44. The van der Waals surface area contributed by atoms with Gasteiger partial charge in [-0.2, -0.15) is 4.99 Å². The number of benzene rings is 1. The molecule has 0 atom stereocenters. The molecule has 0 radical (unpaired) electrons. The molecule has 2 aromatic rings. The minimum absolute atomic E-state index is 0.00738. The van der Waals surface area contributed by atoms with Crippen LogP contribution in [0.3, 0.4) is 0 Å². The molecule has 0 bridgehead atoms. The fourth-order valence-corrected chi connectivity index (χ4v) is 2.14. The van der Waals surface area contributed by atoms with E-state index in [1.165, 1.54) is 11.8 Å². The predicted molar refractivity (Wildman–Crippen MR) is 79.7 cm³/mol. The molecule has 7 nitrogen and oxygen atoms in total. The van der Waals surface area contributed by atoms with Crippen molar-refractivity contribution >= 4 is 29.4 Å². The molecule has 0 fully saturated rings. The Labute approximate surface area is 120 Å². The van der Waals surface area contributed by atoms with E-state index in [-0.39, 0.29) is 11.9 Å². The molecule has 8 heteroatoms. The zero-order valence-corrected chi connectivity index (χ0v) is 11.3. The Morgan fingerprint density at radius 2 is 1.70 bits per heavy atom. The van der Waals surface area contributed by atoms with E-state index in [4.69, 9.17) is 17.2 Å². The summed E-state index contributed by atoms with van der Waals surface area (Å²) >= 11 is 1.38. The lowest BCUT2D eigenvalue weighted by Crippen LogP contribution is -2.26. The fraction of sp³-hybridized carbons (Fsp3) is 0. The second kappa shape index (κ2) is 6.53. The Bertz CT molecular complexity index is 635. The van der Waals surface area contributed by atoms with Gasteiger partial charge in [0, 0.05) is 17.3 Å². The topological polar surface area (TPSA) is 129 Å². The average Bonchev–Trinajstić information content (AvgIpc) is 2.41. The SMILES string of the molecule is NC(N)=NC(N)=Nc1ccccc1Sc1ncccn1. The van der Waals surface area contributed by atoms with Gasteiger partial charge in [-0.1, -0.05) is 12.1 Å². The third-order valence-electron chi connectivity index (χ3n) is 2.09. The van der Waals surface area contributed by atoms with Gasteiger partial charge in [0.25, 0.3) is 0 Å².